The van der Waals surface area contributed by atoms with Gasteiger partial charge in [-0.1, -0.05) is 0 Å². The lowest BCUT2D eigenvalue weighted by atomic mass is 10.3. The average molecular weight is 147 g/mol. The molecule has 1 N–H and O–H groups in total. The zero-order valence-electron chi connectivity index (χ0n) is 5.18. The summed E-state index contributed by atoms with van der Waals surface area (Å²) in [5.41, 5.74) is -0.000185. The highest BCUT2D eigenvalue weighted by Gasteiger charge is 2.39. The summed E-state index contributed by atoms with van der Waals surface area (Å²) < 4.78 is 4.11. The van der Waals surface area contributed by atoms with Crippen LogP contribution in [0.1, 0.15) is 19.8 Å². The van der Waals surface area contributed by atoms with Crippen LogP contribution in [0.3, 0.4) is 0 Å². The predicted octanol–water partition coefficient (Wildman–Crippen LogP) is 1.11. The molecule has 1 fully saturated rings. The van der Waals surface area contributed by atoms with Crippen LogP contribution in [0.5, 0.6) is 0 Å². The number of hydrogen-bond acceptors (Lipinski definition) is 3. The van der Waals surface area contributed by atoms with Gasteiger partial charge < -0.3 is 9.50 Å². The lowest BCUT2D eigenvalue weighted by Gasteiger charge is -2.07. The van der Waals surface area contributed by atoms with Gasteiger partial charge in [-0.2, -0.15) is 0 Å². The van der Waals surface area contributed by atoms with E-state index in [-0.39, 0.29) is 5.54 Å². The maximum Gasteiger partial charge on any atom is 0.419 e. The van der Waals surface area contributed by atoms with Crippen molar-refractivity contribution in [2.45, 2.75) is 25.3 Å². The van der Waals surface area contributed by atoms with Gasteiger partial charge in [-0.3, -0.25) is 0 Å². The first-order valence-electron chi connectivity index (χ1n) is 2.80. The van der Waals surface area contributed by atoms with Crippen LogP contribution < -0.4 is 5.32 Å². The van der Waals surface area contributed by atoms with E-state index in [1.807, 2.05) is 6.92 Å². The van der Waals surface area contributed by atoms with Gasteiger partial charge >= 0.3 is 6.09 Å². The quantitative estimate of drug-likeness (QED) is 0.430. The van der Waals surface area contributed by atoms with Crippen molar-refractivity contribution >= 4 is 19.0 Å². The lowest BCUT2D eigenvalue weighted by molar-refractivity contribution is 0.204. The monoisotopic (exact) mass is 147 g/mol. The summed E-state index contributed by atoms with van der Waals surface area (Å²) in [5.74, 6) is 0. The zero-order valence-corrected chi connectivity index (χ0v) is 6.07. The second-order valence-corrected chi connectivity index (χ2v) is 2.75. The van der Waals surface area contributed by atoms with E-state index in [4.69, 9.17) is 0 Å². The van der Waals surface area contributed by atoms with Crippen molar-refractivity contribution in [2.24, 2.45) is 0 Å². The fourth-order valence-electron chi connectivity index (χ4n) is 0.582. The Morgan fingerprint density at radius 2 is 2.33 bits per heavy atom. The summed E-state index contributed by atoms with van der Waals surface area (Å²) in [6.45, 7) is 1.97. The van der Waals surface area contributed by atoms with Crippen LogP contribution >= 0.6 is 12.9 Å². The first kappa shape index (κ1) is 6.74. The van der Waals surface area contributed by atoms with Gasteiger partial charge in [0.1, 0.15) is 0 Å². The number of amides is 1. The molecule has 1 saturated carbocycles. The molecular formula is C5H9NO2S. The normalized spacial score (nSPS) is 20.7. The molecule has 0 aromatic carbocycles. The smallest absolute Gasteiger partial charge is 0.378 e. The van der Waals surface area contributed by atoms with Crippen molar-refractivity contribution in [2.75, 3.05) is 0 Å². The van der Waals surface area contributed by atoms with E-state index in [0.717, 1.165) is 12.8 Å². The maximum atomic E-state index is 10.5. The van der Waals surface area contributed by atoms with Crippen molar-refractivity contribution < 1.29 is 8.98 Å². The second-order valence-electron chi connectivity index (χ2n) is 2.56. The van der Waals surface area contributed by atoms with E-state index < -0.39 is 6.09 Å². The molecule has 0 unspecified atom stereocenters. The third-order valence-electron chi connectivity index (χ3n) is 1.49. The van der Waals surface area contributed by atoms with Crippen LogP contribution in [0, 0.1) is 0 Å². The van der Waals surface area contributed by atoms with E-state index in [1.165, 1.54) is 0 Å². The van der Waals surface area contributed by atoms with Gasteiger partial charge in [0, 0.05) is 18.4 Å². The van der Waals surface area contributed by atoms with Crippen molar-refractivity contribution in [1.29, 1.82) is 0 Å². The molecule has 0 aromatic heterocycles. The molecule has 1 amide bonds. The summed E-state index contributed by atoms with van der Waals surface area (Å²) in [6.07, 6.45) is 1.62. The van der Waals surface area contributed by atoms with Crippen molar-refractivity contribution in [1.82, 2.24) is 5.32 Å². The average Bonchev–Trinajstić information content (AvgIpc) is 2.48. The SMILES string of the molecule is CC1(NC(=O)OS)CC1. The minimum atomic E-state index is -0.460. The summed E-state index contributed by atoms with van der Waals surface area (Å²) in [7, 11) is 0. The van der Waals surface area contributed by atoms with E-state index in [2.05, 4.69) is 22.4 Å². The molecule has 1 aliphatic carbocycles. The van der Waals surface area contributed by atoms with E-state index >= 15 is 0 Å². The van der Waals surface area contributed by atoms with Crippen LogP contribution in [0.25, 0.3) is 0 Å². The third kappa shape index (κ3) is 1.78. The molecule has 0 aromatic rings. The Morgan fingerprint density at radius 3 is 2.67 bits per heavy atom. The van der Waals surface area contributed by atoms with Crippen molar-refractivity contribution in [3.63, 3.8) is 0 Å². The van der Waals surface area contributed by atoms with Crippen LogP contribution in [0.15, 0.2) is 0 Å². The molecule has 0 spiro atoms. The molecule has 0 bridgehead atoms. The highest BCUT2D eigenvalue weighted by molar-refractivity contribution is 7.75. The van der Waals surface area contributed by atoms with E-state index in [0.29, 0.717) is 0 Å². The third-order valence-corrected chi connectivity index (χ3v) is 1.65. The molecule has 1 rings (SSSR count). The highest BCUT2D eigenvalue weighted by Crippen LogP contribution is 2.34. The Kier molecular flexibility index (Phi) is 1.57. The molecule has 0 radical (unpaired) electrons. The number of carbonyl (C=O) groups excluding carboxylic acids is 1. The fraction of sp³-hybridized carbons (Fsp3) is 0.800. The highest BCUT2D eigenvalue weighted by atomic mass is 32.1. The molecular weight excluding hydrogens is 138 g/mol. The van der Waals surface area contributed by atoms with Gasteiger partial charge in [-0.15, -0.1) is 0 Å². The van der Waals surface area contributed by atoms with Gasteiger partial charge in [0.05, 0.1) is 0 Å². The topological polar surface area (TPSA) is 38.3 Å². The molecule has 0 saturated heterocycles. The Bertz CT molecular complexity index is 133. The summed E-state index contributed by atoms with van der Waals surface area (Å²) in [6, 6.07) is 0. The zero-order chi connectivity index (χ0) is 6.91. The van der Waals surface area contributed by atoms with E-state index in [1.54, 1.807) is 0 Å². The van der Waals surface area contributed by atoms with Crippen LogP contribution in [0.2, 0.25) is 0 Å². The number of nitrogens with one attached hydrogen (secondary N) is 1. The van der Waals surface area contributed by atoms with Crippen LogP contribution in [0.4, 0.5) is 4.79 Å². The minimum Gasteiger partial charge on any atom is -0.378 e. The fourth-order valence-corrected chi connectivity index (χ4v) is 0.627. The number of hydrogen-bond donors (Lipinski definition) is 2. The first-order valence-corrected chi connectivity index (χ1v) is 3.16. The molecule has 0 atom stereocenters. The summed E-state index contributed by atoms with van der Waals surface area (Å²) in [4.78, 5) is 10.5. The Hall–Kier alpha value is -0.380. The molecule has 52 valence electrons. The molecule has 3 nitrogen and oxygen atoms in total. The Balaban J connectivity index is 2.25. The maximum absolute atomic E-state index is 10.5. The van der Waals surface area contributed by atoms with Gasteiger partial charge in [0.15, 0.2) is 0 Å². The summed E-state index contributed by atoms with van der Waals surface area (Å²) >= 11 is 3.34. The first-order chi connectivity index (χ1) is 4.16. The summed E-state index contributed by atoms with van der Waals surface area (Å²) in [5, 5.41) is 2.64. The number of carbonyl (C=O) groups is 1. The van der Waals surface area contributed by atoms with Gasteiger partial charge in [0.2, 0.25) is 0 Å². The minimum absolute atomic E-state index is 0.000185. The largest absolute Gasteiger partial charge is 0.419 e. The molecule has 9 heavy (non-hydrogen) atoms. The predicted molar refractivity (Wildman–Crippen MR) is 36.2 cm³/mol. The Morgan fingerprint density at radius 1 is 1.78 bits per heavy atom. The van der Waals surface area contributed by atoms with Gasteiger partial charge in [0.25, 0.3) is 0 Å². The Labute approximate surface area is 59.4 Å². The second kappa shape index (κ2) is 2.10. The van der Waals surface area contributed by atoms with Crippen LogP contribution in [-0.2, 0) is 4.18 Å². The van der Waals surface area contributed by atoms with Crippen LogP contribution in [-0.4, -0.2) is 11.6 Å². The van der Waals surface area contributed by atoms with Crippen molar-refractivity contribution in [3.8, 4) is 0 Å². The standard InChI is InChI=1S/C5H9NO2S/c1-5(2-3-5)6-4(7)8-9/h9H,2-3H2,1H3,(H,6,7). The molecule has 0 aliphatic heterocycles. The molecule has 0 heterocycles. The lowest BCUT2D eigenvalue weighted by Crippen LogP contribution is -2.33. The molecule has 1 aliphatic rings. The number of rotatable bonds is 1. The van der Waals surface area contributed by atoms with Gasteiger partial charge in [-0.05, 0) is 19.8 Å². The number of thiol groups is 1. The van der Waals surface area contributed by atoms with Gasteiger partial charge in [-0.25, -0.2) is 4.79 Å². The molecule has 4 heteroatoms. The van der Waals surface area contributed by atoms with Crippen molar-refractivity contribution in [3.05, 3.63) is 0 Å². The van der Waals surface area contributed by atoms with E-state index in [9.17, 15) is 4.79 Å².